The molecule has 1 aromatic carbocycles. The molecule has 0 radical (unpaired) electrons. The Morgan fingerprint density at radius 3 is 2.52 bits per heavy atom. The van der Waals surface area contributed by atoms with Crippen LogP contribution in [0.5, 0.6) is 11.5 Å². The van der Waals surface area contributed by atoms with Gasteiger partial charge in [0.15, 0.2) is 0 Å². The summed E-state index contributed by atoms with van der Waals surface area (Å²) < 4.78 is 5.89. The van der Waals surface area contributed by atoms with Crippen LogP contribution < -0.4 is 0 Å². The van der Waals surface area contributed by atoms with E-state index in [9.17, 15) is 10.2 Å². The van der Waals surface area contributed by atoms with Crippen LogP contribution in [-0.4, -0.2) is 16.3 Å². The van der Waals surface area contributed by atoms with Gasteiger partial charge >= 0.3 is 0 Å². The molecule has 118 valence electrons. The summed E-state index contributed by atoms with van der Waals surface area (Å²) in [7, 11) is 0. The van der Waals surface area contributed by atoms with Gasteiger partial charge in [-0.2, -0.15) is 0 Å². The molecule has 0 fully saturated rings. The molecular weight excluding hydrogens is 264 g/mol. The second-order valence-corrected chi connectivity index (χ2v) is 6.09. The molecule has 1 aliphatic heterocycles. The molecule has 0 saturated carbocycles. The summed E-state index contributed by atoms with van der Waals surface area (Å²) in [6.45, 7) is 4.83. The Labute approximate surface area is 128 Å². The van der Waals surface area contributed by atoms with E-state index in [1.807, 2.05) is 0 Å². The summed E-state index contributed by atoms with van der Waals surface area (Å²) in [6.07, 6.45) is 8.80. The first kappa shape index (κ1) is 16.2. The number of rotatable bonds is 7. The first-order valence-electron chi connectivity index (χ1n) is 8.34. The lowest BCUT2D eigenvalue weighted by atomic mass is 9.89. The average molecular weight is 292 g/mol. The highest BCUT2D eigenvalue weighted by Crippen LogP contribution is 2.38. The van der Waals surface area contributed by atoms with Gasteiger partial charge in [-0.3, -0.25) is 0 Å². The minimum Gasteiger partial charge on any atom is -0.508 e. The molecule has 2 rings (SSSR count). The minimum atomic E-state index is 0.176. The number of ether oxygens (including phenoxy) is 1. The van der Waals surface area contributed by atoms with E-state index in [0.717, 1.165) is 48.8 Å². The summed E-state index contributed by atoms with van der Waals surface area (Å²) >= 11 is 0. The fourth-order valence-corrected chi connectivity index (χ4v) is 3.13. The van der Waals surface area contributed by atoms with Gasteiger partial charge in [-0.1, -0.05) is 39.5 Å². The van der Waals surface area contributed by atoms with Crippen LogP contribution in [0.1, 0.15) is 69.1 Å². The number of benzene rings is 1. The highest BCUT2D eigenvalue weighted by Gasteiger charge is 2.25. The average Bonchev–Trinajstić information content (AvgIpc) is 2.47. The molecule has 1 aromatic rings. The highest BCUT2D eigenvalue weighted by molar-refractivity contribution is 5.52. The Kier molecular flexibility index (Phi) is 5.92. The van der Waals surface area contributed by atoms with Crippen molar-refractivity contribution in [1.82, 2.24) is 0 Å². The van der Waals surface area contributed by atoms with Crippen LogP contribution >= 0.6 is 0 Å². The van der Waals surface area contributed by atoms with Gasteiger partial charge in [0.25, 0.3) is 0 Å². The lowest BCUT2D eigenvalue weighted by Gasteiger charge is -2.28. The molecule has 1 aliphatic rings. The van der Waals surface area contributed by atoms with Crippen molar-refractivity contribution in [3.05, 3.63) is 22.8 Å². The van der Waals surface area contributed by atoms with Crippen molar-refractivity contribution in [2.75, 3.05) is 0 Å². The predicted molar refractivity (Wildman–Crippen MR) is 84.8 cm³/mol. The topological polar surface area (TPSA) is 49.7 Å². The lowest BCUT2D eigenvalue weighted by Crippen LogP contribution is -2.23. The van der Waals surface area contributed by atoms with Gasteiger partial charge in [-0.25, -0.2) is 0 Å². The van der Waals surface area contributed by atoms with Gasteiger partial charge < -0.3 is 14.9 Å². The van der Waals surface area contributed by atoms with Gasteiger partial charge in [0.05, 0.1) is 12.7 Å². The van der Waals surface area contributed by atoms with E-state index in [4.69, 9.17) is 4.74 Å². The van der Waals surface area contributed by atoms with E-state index >= 15 is 0 Å². The third kappa shape index (κ3) is 3.91. The zero-order chi connectivity index (χ0) is 15.2. The number of aromatic hydroxyl groups is 2. The van der Waals surface area contributed by atoms with Gasteiger partial charge in [-0.15, -0.1) is 0 Å². The maximum absolute atomic E-state index is 10.2. The van der Waals surface area contributed by atoms with Crippen molar-refractivity contribution >= 4 is 0 Å². The number of fused-ring (bicyclic) bond motifs is 1. The molecule has 21 heavy (non-hydrogen) atoms. The summed E-state index contributed by atoms with van der Waals surface area (Å²) in [5, 5.41) is 20.2. The Bertz CT molecular complexity index is 468. The maximum Gasteiger partial charge on any atom is 0.125 e. The van der Waals surface area contributed by atoms with Crippen LogP contribution in [0.15, 0.2) is 6.07 Å². The van der Waals surface area contributed by atoms with E-state index in [0.29, 0.717) is 6.61 Å². The van der Waals surface area contributed by atoms with Crippen LogP contribution in [0.2, 0.25) is 0 Å². The van der Waals surface area contributed by atoms with Crippen LogP contribution in [0.4, 0.5) is 0 Å². The van der Waals surface area contributed by atoms with Crippen molar-refractivity contribution in [1.29, 1.82) is 0 Å². The standard InChI is InChI=1S/C18H28O3/c1-3-5-7-8-13-10-15-14(9-6-4-2)17(19)11-18(20)16(15)12-21-13/h11,13,19-20H,3-10,12H2,1-2H3. The molecule has 3 heteroatoms. The van der Waals surface area contributed by atoms with Crippen molar-refractivity contribution in [3.63, 3.8) is 0 Å². The monoisotopic (exact) mass is 292 g/mol. The molecule has 0 aromatic heterocycles. The van der Waals surface area contributed by atoms with Crippen molar-refractivity contribution in [2.24, 2.45) is 0 Å². The third-order valence-electron chi connectivity index (χ3n) is 4.43. The van der Waals surface area contributed by atoms with E-state index in [1.165, 1.54) is 25.3 Å². The molecular formula is C18H28O3. The SMILES string of the molecule is CCCCCC1Cc2c(CCCC)c(O)cc(O)c2CO1. The number of hydrogen-bond donors (Lipinski definition) is 2. The first-order valence-corrected chi connectivity index (χ1v) is 8.34. The molecule has 0 saturated heterocycles. The van der Waals surface area contributed by atoms with Gasteiger partial charge in [0.2, 0.25) is 0 Å². The number of hydrogen-bond acceptors (Lipinski definition) is 3. The van der Waals surface area contributed by atoms with Gasteiger partial charge in [0, 0.05) is 11.6 Å². The third-order valence-corrected chi connectivity index (χ3v) is 4.43. The van der Waals surface area contributed by atoms with Crippen molar-refractivity contribution in [3.8, 4) is 11.5 Å². The molecule has 0 bridgehead atoms. The smallest absolute Gasteiger partial charge is 0.125 e. The molecule has 0 spiro atoms. The maximum atomic E-state index is 10.2. The summed E-state index contributed by atoms with van der Waals surface area (Å²) in [4.78, 5) is 0. The van der Waals surface area contributed by atoms with E-state index in [1.54, 1.807) is 0 Å². The summed E-state index contributed by atoms with van der Waals surface area (Å²) in [5.74, 6) is 0.420. The van der Waals surface area contributed by atoms with Gasteiger partial charge in [0.1, 0.15) is 11.5 Å². The fraction of sp³-hybridized carbons (Fsp3) is 0.667. The van der Waals surface area contributed by atoms with Crippen molar-refractivity contribution < 1.29 is 14.9 Å². The Balaban J connectivity index is 2.18. The second kappa shape index (κ2) is 7.69. The van der Waals surface area contributed by atoms with Crippen LogP contribution in [0.25, 0.3) is 0 Å². The highest BCUT2D eigenvalue weighted by atomic mass is 16.5. The minimum absolute atomic E-state index is 0.176. The lowest BCUT2D eigenvalue weighted by molar-refractivity contribution is 0.0202. The first-order chi connectivity index (χ1) is 10.2. The molecule has 1 atom stereocenters. The summed E-state index contributed by atoms with van der Waals surface area (Å²) in [5.41, 5.74) is 3.03. The van der Waals surface area contributed by atoms with Crippen molar-refractivity contribution in [2.45, 2.75) is 77.9 Å². The van der Waals surface area contributed by atoms with E-state index < -0.39 is 0 Å². The van der Waals surface area contributed by atoms with E-state index in [-0.39, 0.29) is 17.6 Å². The number of unbranched alkanes of at least 4 members (excludes halogenated alkanes) is 3. The Hall–Kier alpha value is -1.22. The van der Waals surface area contributed by atoms with Crippen LogP contribution in [-0.2, 0) is 24.2 Å². The zero-order valence-corrected chi connectivity index (χ0v) is 13.3. The molecule has 1 heterocycles. The largest absolute Gasteiger partial charge is 0.508 e. The van der Waals surface area contributed by atoms with E-state index in [2.05, 4.69) is 13.8 Å². The molecule has 1 unspecified atom stereocenters. The normalized spacial score (nSPS) is 17.7. The molecule has 0 aliphatic carbocycles. The summed E-state index contributed by atoms with van der Waals surface area (Å²) in [6, 6.07) is 1.48. The predicted octanol–water partition coefficient (Wildman–Crippen LogP) is 4.46. The zero-order valence-electron chi connectivity index (χ0n) is 13.3. The van der Waals surface area contributed by atoms with Crippen LogP contribution in [0.3, 0.4) is 0 Å². The molecule has 0 amide bonds. The van der Waals surface area contributed by atoms with Gasteiger partial charge in [-0.05, 0) is 36.8 Å². The number of phenols is 2. The second-order valence-electron chi connectivity index (χ2n) is 6.09. The molecule has 2 N–H and O–H groups in total. The Morgan fingerprint density at radius 2 is 1.81 bits per heavy atom. The quantitative estimate of drug-likeness (QED) is 0.729. The Morgan fingerprint density at radius 1 is 1.05 bits per heavy atom. The molecule has 3 nitrogen and oxygen atoms in total. The van der Waals surface area contributed by atoms with Crippen LogP contribution in [0, 0.1) is 0 Å². The number of phenolic OH excluding ortho intramolecular Hbond substituents is 2. The fourth-order valence-electron chi connectivity index (χ4n) is 3.13.